The lowest BCUT2D eigenvalue weighted by molar-refractivity contribution is -0.157. The highest BCUT2D eigenvalue weighted by atomic mass is 35.5. The van der Waals surface area contributed by atoms with Gasteiger partial charge in [-0.1, -0.05) is 11.6 Å². The standard InChI is InChI=1S/C18H16ClN3O3/c19-14-3-5-15(6-4-14)25-18(17(23)24)7-10-22(11-8-18)16-13(12-20)2-1-9-21-16/h1-6,9H,7-8,10-11H2,(H,23,24). The second kappa shape index (κ2) is 6.99. The Bertz CT molecular complexity index is 809. The third-order valence-corrected chi connectivity index (χ3v) is 4.55. The highest BCUT2D eigenvalue weighted by Gasteiger charge is 2.44. The third kappa shape index (κ3) is 3.52. The molecule has 2 heterocycles. The number of anilines is 1. The zero-order valence-corrected chi connectivity index (χ0v) is 14.1. The van der Waals surface area contributed by atoms with Crippen LogP contribution in [0.3, 0.4) is 0 Å². The molecule has 0 atom stereocenters. The van der Waals surface area contributed by atoms with E-state index in [-0.39, 0.29) is 12.8 Å². The Morgan fingerprint density at radius 1 is 1.28 bits per heavy atom. The number of ether oxygens (including phenoxy) is 1. The second-order valence-electron chi connectivity index (χ2n) is 5.83. The number of benzene rings is 1. The minimum Gasteiger partial charge on any atom is -0.478 e. The van der Waals surface area contributed by atoms with Crippen molar-refractivity contribution in [3.63, 3.8) is 0 Å². The molecular formula is C18H16ClN3O3. The Labute approximate surface area is 150 Å². The van der Waals surface area contributed by atoms with Crippen LogP contribution in [0.5, 0.6) is 5.75 Å². The number of hydrogen-bond donors (Lipinski definition) is 1. The van der Waals surface area contributed by atoms with Gasteiger partial charge in [0.25, 0.3) is 0 Å². The Morgan fingerprint density at radius 3 is 2.56 bits per heavy atom. The van der Waals surface area contributed by atoms with E-state index >= 15 is 0 Å². The van der Waals surface area contributed by atoms with Crippen LogP contribution in [-0.4, -0.2) is 34.8 Å². The molecule has 1 fully saturated rings. The number of aromatic nitrogens is 1. The fourth-order valence-electron chi connectivity index (χ4n) is 2.90. The molecule has 1 saturated heterocycles. The predicted molar refractivity (Wildman–Crippen MR) is 92.8 cm³/mol. The number of rotatable bonds is 4. The largest absolute Gasteiger partial charge is 0.478 e. The maximum atomic E-state index is 11.9. The molecule has 1 aromatic heterocycles. The van der Waals surface area contributed by atoms with Gasteiger partial charge < -0.3 is 14.7 Å². The van der Waals surface area contributed by atoms with Crippen molar-refractivity contribution < 1.29 is 14.6 Å². The molecule has 128 valence electrons. The minimum atomic E-state index is -1.30. The molecule has 0 saturated carbocycles. The monoisotopic (exact) mass is 357 g/mol. The van der Waals surface area contributed by atoms with Crippen LogP contribution in [0, 0.1) is 11.3 Å². The van der Waals surface area contributed by atoms with Crippen LogP contribution in [0.2, 0.25) is 5.02 Å². The summed E-state index contributed by atoms with van der Waals surface area (Å²) in [5.74, 6) is 0.0508. The first-order chi connectivity index (χ1) is 12.0. The number of halogens is 1. The molecule has 7 heteroatoms. The summed E-state index contributed by atoms with van der Waals surface area (Å²) in [5, 5.41) is 19.5. The van der Waals surface area contributed by atoms with Crippen molar-refractivity contribution in [3.05, 3.63) is 53.2 Å². The first-order valence-corrected chi connectivity index (χ1v) is 8.20. The minimum absolute atomic E-state index is 0.284. The average Bonchev–Trinajstić information content (AvgIpc) is 2.64. The van der Waals surface area contributed by atoms with Crippen LogP contribution in [-0.2, 0) is 4.79 Å². The van der Waals surface area contributed by atoms with E-state index in [0.717, 1.165) is 0 Å². The Balaban J connectivity index is 1.78. The van der Waals surface area contributed by atoms with Gasteiger partial charge in [0.1, 0.15) is 17.6 Å². The highest BCUT2D eigenvalue weighted by molar-refractivity contribution is 6.30. The van der Waals surface area contributed by atoms with Crippen molar-refractivity contribution in [2.75, 3.05) is 18.0 Å². The summed E-state index contributed by atoms with van der Waals surface area (Å²) >= 11 is 5.86. The van der Waals surface area contributed by atoms with Crippen molar-refractivity contribution >= 4 is 23.4 Å². The fourth-order valence-corrected chi connectivity index (χ4v) is 3.03. The van der Waals surface area contributed by atoms with Crippen LogP contribution in [0.25, 0.3) is 0 Å². The van der Waals surface area contributed by atoms with E-state index in [4.69, 9.17) is 16.3 Å². The summed E-state index contributed by atoms with van der Waals surface area (Å²) < 4.78 is 5.83. The van der Waals surface area contributed by atoms with E-state index in [1.807, 2.05) is 4.90 Å². The Kier molecular flexibility index (Phi) is 4.77. The highest BCUT2D eigenvalue weighted by Crippen LogP contribution is 2.32. The second-order valence-corrected chi connectivity index (χ2v) is 6.27. The first-order valence-electron chi connectivity index (χ1n) is 7.82. The van der Waals surface area contributed by atoms with Gasteiger partial charge in [0.15, 0.2) is 0 Å². The van der Waals surface area contributed by atoms with E-state index in [1.165, 1.54) is 0 Å². The lowest BCUT2D eigenvalue weighted by Gasteiger charge is -2.39. The summed E-state index contributed by atoms with van der Waals surface area (Å²) in [4.78, 5) is 18.1. The van der Waals surface area contributed by atoms with Gasteiger partial charge in [0.05, 0.1) is 5.56 Å². The average molecular weight is 358 g/mol. The number of piperidine rings is 1. The van der Waals surface area contributed by atoms with Crippen LogP contribution >= 0.6 is 11.6 Å². The molecule has 0 radical (unpaired) electrons. The number of pyridine rings is 1. The summed E-state index contributed by atoms with van der Waals surface area (Å²) in [6.45, 7) is 0.872. The van der Waals surface area contributed by atoms with Gasteiger partial charge in [-0.3, -0.25) is 0 Å². The fraction of sp³-hybridized carbons (Fsp3) is 0.278. The van der Waals surface area contributed by atoms with Gasteiger partial charge in [-0.15, -0.1) is 0 Å². The first kappa shape index (κ1) is 17.1. The van der Waals surface area contributed by atoms with Gasteiger partial charge in [-0.05, 0) is 36.4 Å². The molecule has 1 aliphatic heterocycles. The van der Waals surface area contributed by atoms with Crippen molar-refractivity contribution in [3.8, 4) is 11.8 Å². The number of aliphatic carboxylic acids is 1. The normalized spacial score (nSPS) is 16.1. The van der Waals surface area contributed by atoms with Crippen molar-refractivity contribution in [2.24, 2.45) is 0 Å². The van der Waals surface area contributed by atoms with Crippen LogP contribution < -0.4 is 9.64 Å². The zero-order valence-electron chi connectivity index (χ0n) is 13.4. The number of nitriles is 1. The summed E-state index contributed by atoms with van der Waals surface area (Å²) in [5.41, 5.74) is -0.824. The quantitative estimate of drug-likeness (QED) is 0.904. The molecule has 0 amide bonds. The molecule has 0 aliphatic carbocycles. The van der Waals surface area contributed by atoms with Crippen LogP contribution in [0.4, 0.5) is 5.82 Å². The molecule has 25 heavy (non-hydrogen) atoms. The number of carboxylic acids is 1. The molecule has 3 rings (SSSR count). The Morgan fingerprint density at radius 2 is 1.96 bits per heavy atom. The molecular weight excluding hydrogens is 342 g/mol. The maximum Gasteiger partial charge on any atom is 0.348 e. The van der Waals surface area contributed by atoms with Gasteiger partial charge in [0.2, 0.25) is 5.60 Å². The molecule has 6 nitrogen and oxygen atoms in total. The van der Waals surface area contributed by atoms with Gasteiger partial charge in [0, 0.05) is 37.2 Å². The van der Waals surface area contributed by atoms with Crippen LogP contribution in [0.1, 0.15) is 18.4 Å². The zero-order chi connectivity index (χ0) is 17.9. The lowest BCUT2D eigenvalue weighted by atomic mass is 9.90. The molecule has 1 N–H and O–H groups in total. The van der Waals surface area contributed by atoms with E-state index < -0.39 is 11.6 Å². The molecule has 0 unspecified atom stereocenters. The molecule has 1 aromatic carbocycles. The van der Waals surface area contributed by atoms with E-state index in [0.29, 0.717) is 35.2 Å². The van der Waals surface area contributed by atoms with Gasteiger partial charge in [-0.25, -0.2) is 9.78 Å². The number of hydrogen-bond acceptors (Lipinski definition) is 5. The topological polar surface area (TPSA) is 86.5 Å². The summed E-state index contributed by atoms with van der Waals surface area (Å²) in [6.07, 6.45) is 2.19. The molecule has 1 aliphatic rings. The number of carboxylic acid groups (broad SMARTS) is 1. The van der Waals surface area contributed by atoms with E-state index in [9.17, 15) is 15.2 Å². The van der Waals surface area contributed by atoms with Gasteiger partial charge in [-0.2, -0.15) is 5.26 Å². The van der Waals surface area contributed by atoms with E-state index in [1.54, 1.807) is 42.6 Å². The molecule has 0 spiro atoms. The summed E-state index contributed by atoms with van der Waals surface area (Å²) in [7, 11) is 0. The smallest absolute Gasteiger partial charge is 0.348 e. The van der Waals surface area contributed by atoms with Gasteiger partial charge >= 0.3 is 5.97 Å². The SMILES string of the molecule is N#Cc1cccnc1N1CCC(Oc2ccc(Cl)cc2)(C(=O)O)CC1. The molecule has 2 aromatic rings. The van der Waals surface area contributed by atoms with Crippen LogP contribution in [0.15, 0.2) is 42.6 Å². The molecule has 0 bridgehead atoms. The van der Waals surface area contributed by atoms with Crippen molar-refractivity contribution in [1.29, 1.82) is 5.26 Å². The third-order valence-electron chi connectivity index (χ3n) is 4.29. The maximum absolute atomic E-state index is 11.9. The number of nitrogens with zero attached hydrogens (tertiary/aromatic N) is 3. The van der Waals surface area contributed by atoms with E-state index in [2.05, 4.69) is 11.1 Å². The Hall–Kier alpha value is -2.78. The lowest BCUT2D eigenvalue weighted by Crippen LogP contribution is -2.53. The van der Waals surface area contributed by atoms with Crippen molar-refractivity contribution in [2.45, 2.75) is 18.4 Å². The number of carbonyl (C=O) groups is 1. The van der Waals surface area contributed by atoms with Crippen molar-refractivity contribution in [1.82, 2.24) is 4.98 Å². The summed E-state index contributed by atoms with van der Waals surface area (Å²) in [6, 6.07) is 12.2. The predicted octanol–water partition coefficient (Wildman–Crippen LogP) is 3.11.